The first-order chi connectivity index (χ1) is 13.5. The summed E-state index contributed by atoms with van der Waals surface area (Å²) in [7, 11) is 0. The molecule has 146 valence electrons. The van der Waals surface area contributed by atoms with Gasteiger partial charge in [-0.3, -0.25) is 9.59 Å². The van der Waals surface area contributed by atoms with E-state index in [1.165, 1.54) is 47.8 Å². The standard InChI is InChI=1S/C20H19FN2O4S/c21-16-6-3-15(4-7-16)5-8-19(25)27-14-18(24)22-9-11-23(12-10-22)20(26)17-2-1-13-28-17/h1-8,13H,9-12,14H2/b8-5+. The number of thiophene rings is 1. The van der Waals surface area contributed by atoms with Crippen LogP contribution in [-0.2, 0) is 14.3 Å². The SMILES string of the molecule is O=C(/C=C/c1ccc(F)cc1)OCC(=O)N1CCN(C(=O)c2cccs2)CC1. The summed E-state index contributed by atoms with van der Waals surface area (Å²) in [5.74, 6) is -1.34. The third kappa shape index (κ3) is 5.26. The summed E-state index contributed by atoms with van der Waals surface area (Å²) in [4.78, 5) is 40.2. The number of esters is 1. The van der Waals surface area contributed by atoms with Gasteiger partial charge in [0.15, 0.2) is 6.61 Å². The van der Waals surface area contributed by atoms with Gasteiger partial charge < -0.3 is 14.5 Å². The lowest BCUT2D eigenvalue weighted by Gasteiger charge is -2.34. The number of nitrogens with zero attached hydrogens (tertiary/aromatic N) is 2. The van der Waals surface area contributed by atoms with Gasteiger partial charge in [0, 0.05) is 32.3 Å². The minimum atomic E-state index is -0.649. The van der Waals surface area contributed by atoms with E-state index in [-0.39, 0.29) is 24.2 Å². The number of hydrogen-bond donors (Lipinski definition) is 0. The maximum atomic E-state index is 12.8. The van der Waals surface area contributed by atoms with E-state index in [0.717, 1.165) is 0 Å². The summed E-state index contributed by atoms with van der Waals surface area (Å²) in [6, 6.07) is 9.25. The first kappa shape index (κ1) is 19.8. The van der Waals surface area contributed by atoms with Gasteiger partial charge >= 0.3 is 5.97 Å². The van der Waals surface area contributed by atoms with Gasteiger partial charge in [0.1, 0.15) is 5.82 Å². The highest BCUT2D eigenvalue weighted by Crippen LogP contribution is 2.14. The number of rotatable bonds is 5. The number of piperazine rings is 1. The summed E-state index contributed by atoms with van der Waals surface area (Å²) in [6.07, 6.45) is 2.68. The van der Waals surface area contributed by atoms with Crippen molar-refractivity contribution in [3.63, 3.8) is 0 Å². The highest BCUT2D eigenvalue weighted by atomic mass is 32.1. The monoisotopic (exact) mass is 402 g/mol. The van der Waals surface area contributed by atoms with Crippen LogP contribution in [0.3, 0.4) is 0 Å². The van der Waals surface area contributed by atoms with Gasteiger partial charge in [-0.2, -0.15) is 0 Å². The van der Waals surface area contributed by atoms with Crippen molar-refractivity contribution in [2.24, 2.45) is 0 Å². The molecule has 3 rings (SSSR count). The van der Waals surface area contributed by atoms with Gasteiger partial charge in [-0.1, -0.05) is 18.2 Å². The molecule has 8 heteroatoms. The van der Waals surface area contributed by atoms with Crippen molar-refractivity contribution in [3.05, 3.63) is 64.1 Å². The van der Waals surface area contributed by atoms with Gasteiger partial charge in [0.05, 0.1) is 4.88 Å². The fraction of sp³-hybridized carbons (Fsp3) is 0.250. The van der Waals surface area contributed by atoms with Crippen LogP contribution in [0.4, 0.5) is 4.39 Å². The van der Waals surface area contributed by atoms with E-state index in [4.69, 9.17) is 4.74 Å². The number of halogens is 1. The van der Waals surface area contributed by atoms with Crippen molar-refractivity contribution >= 4 is 35.2 Å². The molecule has 1 aromatic heterocycles. The Balaban J connectivity index is 1.41. The number of carbonyl (C=O) groups excluding carboxylic acids is 3. The predicted molar refractivity (Wildman–Crippen MR) is 103 cm³/mol. The second kappa shape index (κ2) is 9.27. The average molecular weight is 402 g/mol. The van der Waals surface area contributed by atoms with Gasteiger partial charge in [-0.05, 0) is 35.2 Å². The Morgan fingerprint density at radius 2 is 1.71 bits per heavy atom. The van der Waals surface area contributed by atoms with Crippen molar-refractivity contribution in [1.29, 1.82) is 0 Å². The molecule has 0 N–H and O–H groups in total. The average Bonchev–Trinajstić information content (AvgIpc) is 3.26. The topological polar surface area (TPSA) is 66.9 Å². The van der Waals surface area contributed by atoms with Crippen LogP contribution in [0, 0.1) is 5.82 Å². The maximum absolute atomic E-state index is 12.8. The first-order valence-corrected chi connectivity index (χ1v) is 9.62. The predicted octanol–water partition coefficient (Wildman–Crippen LogP) is 2.43. The van der Waals surface area contributed by atoms with Crippen molar-refractivity contribution < 1.29 is 23.5 Å². The second-order valence-electron chi connectivity index (χ2n) is 6.14. The van der Waals surface area contributed by atoms with Crippen molar-refractivity contribution in [3.8, 4) is 0 Å². The van der Waals surface area contributed by atoms with Crippen LogP contribution < -0.4 is 0 Å². The smallest absolute Gasteiger partial charge is 0.331 e. The molecule has 0 radical (unpaired) electrons. The molecule has 0 atom stereocenters. The summed E-state index contributed by atoms with van der Waals surface area (Å²) in [6.45, 7) is 1.34. The quantitative estimate of drug-likeness (QED) is 0.569. The lowest BCUT2D eigenvalue weighted by Crippen LogP contribution is -2.51. The van der Waals surface area contributed by atoms with E-state index in [9.17, 15) is 18.8 Å². The highest BCUT2D eigenvalue weighted by Gasteiger charge is 2.25. The number of hydrogen-bond acceptors (Lipinski definition) is 5. The minimum absolute atomic E-state index is 0.0283. The van der Waals surface area contributed by atoms with Gasteiger partial charge in [0.2, 0.25) is 0 Å². The van der Waals surface area contributed by atoms with Crippen LogP contribution in [0.25, 0.3) is 6.08 Å². The van der Waals surface area contributed by atoms with Crippen LogP contribution >= 0.6 is 11.3 Å². The fourth-order valence-electron chi connectivity index (χ4n) is 2.73. The molecule has 2 aromatic rings. The van der Waals surface area contributed by atoms with Crippen molar-refractivity contribution in [2.75, 3.05) is 32.8 Å². The third-order valence-electron chi connectivity index (χ3n) is 4.27. The molecule has 6 nitrogen and oxygen atoms in total. The Kier molecular flexibility index (Phi) is 6.54. The summed E-state index contributed by atoms with van der Waals surface area (Å²) < 4.78 is 17.8. The van der Waals surface area contributed by atoms with Gasteiger partial charge in [-0.25, -0.2) is 9.18 Å². The van der Waals surface area contributed by atoms with Gasteiger partial charge in [-0.15, -0.1) is 11.3 Å². The summed E-state index contributed by atoms with van der Waals surface area (Å²) >= 11 is 1.39. The molecule has 1 saturated heterocycles. The van der Waals surface area contributed by atoms with Crippen molar-refractivity contribution in [1.82, 2.24) is 9.80 Å². The molecule has 1 aliphatic heterocycles. The Hall–Kier alpha value is -3.00. The molecule has 1 aromatic carbocycles. The maximum Gasteiger partial charge on any atom is 0.331 e. The lowest BCUT2D eigenvalue weighted by molar-refractivity contribution is -0.148. The van der Waals surface area contributed by atoms with E-state index >= 15 is 0 Å². The number of ether oxygens (including phenoxy) is 1. The Morgan fingerprint density at radius 1 is 1.04 bits per heavy atom. The largest absolute Gasteiger partial charge is 0.452 e. The van der Waals surface area contributed by atoms with Gasteiger partial charge in [0.25, 0.3) is 11.8 Å². The normalized spacial score (nSPS) is 14.3. The van der Waals surface area contributed by atoms with Crippen LogP contribution in [0.15, 0.2) is 47.9 Å². The zero-order chi connectivity index (χ0) is 19.9. The Bertz CT molecular complexity index is 857. The number of amides is 2. The summed E-state index contributed by atoms with van der Waals surface area (Å²) in [5.41, 5.74) is 0.649. The van der Waals surface area contributed by atoms with Crippen LogP contribution in [0.2, 0.25) is 0 Å². The van der Waals surface area contributed by atoms with E-state index in [1.54, 1.807) is 15.9 Å². The molecule has 2 heterocycles. The Labute approximate surface area is 165 Å². The fourth-order valence-corrected chi connectivity index (χ4v) is 3.42. The number of benzene rings is 1. The molecule has 2 amide bonds. The lowest BCUT2D eigenvalue weighted by atomic mass is 10.2. The minimum Gasteiger partial charge on any atom is -0.452 e. The number of carbonyl (C=O) groups is 3. The third-order valence-corrected chi connectivity index (χ3v) is 5.13. The van der Waals surface area contributed by atoms with E-state index in [1.807, 2.05) is 11.4 Å². The van der Waals surface area contributed by atoms with E-state index < -0.39 is 5.97 Å². The molecule has 1 fully saturated rings. The molecular formula is C20H19FN2O4S. The molecule has 0 saturated carbocycles. The first-order valence-electron chi connectivity index (χ1n) is 8.74. The highest BCUT2D eigenvalue weighted by molar-refractivity contribution is 7.12. The van der Waals surface area contributed by atoms with E-state index in [0.29, 0.717) is 36.6 Å². The zero-order valence-corrected chi connectivity index (χ0v) is 15.9. The zero-order valence-electron chi connectivity index (χ0n) is 15.0. The summed E-state index contributed by atoms with van der Waals surface area (Å²) in [5, 5.41) is 1.85. The van der Waals surface area contributed by atoms with Crippen LogP contribution in [0.1, 0.15) is 15.2 Å². The molecule has 28 heavy (non-hydrogen) atoms. The molecule has 0 unspecified atom stereocenters. The molecular weight excluding hydrogens is 383 g/mol. The molecule has 0 bridgehead atoms. The van der Waals surface area contributed by atoms with Crippen LogP contribution in [-0.4, -0.2) is 60.4 Å². The van der Waals surface area contributed by atoms with Crippen molar-refractivity contribution in [2.45, 2.75) is 0 Å². The Morgan fingerprint density at radius 3 is 2.36 bits per heavy atom. The van der Waals surface area contributed by atoms with Crippen LogP contribution in [0.5, 0.6) is 0 Å². The molecule has 0 spiro atoms. The second-order valence-corrected chi connectivity index (χ2v) is 7.09. The molecule has 1 aliphatic rings. The van der Waals surface area contributed by atoms with E-state index in [2.05, 4.69) is 0 Å². The molecule has 0 aliphatic carbocycles.